The van der Waals surface area contributed by atoms with Crippen molar-refractivity contribution < 1.29 is 57.5 Å². The molecule has 0 aromatic heterocycles. The number of amides is 1. The number of aliphatic hydroxyl groups excluding tert-OH is 1. The van der Waals surface area contributed by atoms with Gasteiger partial charge in [0, 0.05) is 0 Å². The van der Waals surface area contributed by atoms with Gasteiger partial charge in [-0.25, -0.2) is 4.79 Å². The SMILES string of the molecule is CCC(C)(C)C(=O)OCCO.CCC(C)(C)C(=O)OCCOC(=O)NCCOC(=O)C(C)C.CCC1(COC(=O)C(C)(C)CC)COC1. The third-order valence-electron chi connectivity index (χ3n) is 8.35. The first kappa shape index (κ1) is 47.2. The van der Waals surface area contributed by atoms with Gasteiger partial charge >= 0.3 is 30.0 Å². The van der Waals surface area contributed by atoms with Crippen molar-refractivity contribution in [1.29, 1.82) is 0 Å². The molecule has 0 spiro atoms. The van der Waals surface area contributed by atoms with Crippen molar-refractivity contribution in [3.8, 4) is 0 Å². The van der Waals surface area contributed by atoms with Crippen LogP contribution < -0.4 is 5.32 Å². The maximum atomic E-state index is 11.7. The molecule has 1 aliphatic rings. The fraction of sp³-hybridized carbons (Fsp3) is 0.857. The zero-order valence-corrected chi connectivity index (χ0v) is 31.7. The first-order valence-electron chi connectivity index (χ1n) is 17.0. The van der Waals surface area contributed by atoms with Crippen LogP contribution >= 0.6 is 0 Å². The summed E-state index contributed by atoms with van der Waals surface area (Å²) in [6.45, 7) is 24.7. The van der Waals surface area contributed by atoms with Crippen LogP contribution in [0, 0.1) is 27.6 Å². The quantitative estimate of drug-likeness (QED) is 0.109. The van der Waals surface area contributed by atoms with Crippen LogP contribution in [0.15, 0.2) is 0 Å². The van der Waals surface area contributed by atoms with E-state index in [2.05, 4.69) is 12.2 Å². The minimum atomic E-state index is -0.647. The molecular formula is C35H65NO12. The van der Waals surface area contributed by atoms with Gasteiger partial charge in [0.1, 0.15) is 33.0 Å². The first-order chi connectivity index (χ1) is 22.2. The number of aliphatic hydroxyl groups is 1. The van der Waals surface area contributed by atoms with Gasteiger partial charge in [-0.3, -0.25) is 19.2 Å². The molecule has 0 radical (unpaired) electrons. The Morgan fingerprint density at radius 2 is 1.12 bits per heavy atom. The van der Waals surface area contributed by atoms with Gasteiger partial charge < -0.3 is 38.8 Å². The molecule has 1 rings (SSSR count). The molecule has 13 nitrogen and oxygen atoms in total. The molecular weight excluding hydrogens is 626 g/mol. The predicted octanol–water partition coefficient (Wildman–Crippen LogP) is 5.24. The van der Waals surface area contributed by atoms with Crippen molar-refractivity contribution >= 4 is 30.0 Å². The summed E-state index contributed by atoms with van der Waals surface area (Å²) in [5, 5.41) is 10.8. The number of hydrogen-bond donors (Lipinski definition) is 2. The summed E-state index contributed by atoms with van der Waals surface area (Å²) < 4.78 is 30.0. The summed E-state index contributed by atoms with van der Waals surface area (Å²) in [6.07, 6.45) is 2.58. The Morgan fingerprint density at radius 1 is 0.688 bits per heavy atom. The van der Waals surface area contributed by atoms with Crippen molar-refractivity contribution in [2.45, 2.75) is 109 Å². The number of carbonyl (C=O) groups is 5. The summed E-state index contributed by atoms with van der Waals surface area (Å²) in [4.78, 5) is 57.0. The molecule has 2 N–H and O–H groups in total. The van der Waals surface area contributed by atoms with E-state index in [0.717, 1.165) is 32.5 Å². The zero-order chi connectivity index (χ0) is 37.6. The Labute approximate surface area is 288 Å². The van der Waals surface area contributed by atoms with Crippen LogP contribution in [0.25, 0.3) is 0 Å². The standard InChI is InChI=1S/C15H27NO6.C12H22O3.C8H16O3/c1-6-15(4,5)13(18)21-9-10-22-14(19)16-7-8-20-12(17)11(2)3;1-5-11(3,4)10(13)15-9-12(6-2)7-14-8-12;1-4-8(2,3)7(10)11-6-5-9/h11H,6-10H2,1-5H3,(H,16,19);5-9H2,1-4H3;9H,4-6H2,1-3H3. The molecule has 282 valence electrons. The van der Waals surface area contributed by atoms with E-state index >= 15 is 0 Å². The second-order valence-corrected chi connectivity index (χ2v) is 14.0. The monoisotopic (exact) mass is 691 g/mol. The molecule has 48 heavy (non-hydrogen) atoms. The van der Waals surface area contributed by atoms with Gasteiger partial charge in [-0.1, -0.05) is 41.5 Å². The Kier molecular flexibility index (Phi) is 23.0. The summed E-state index contributed by atoms with van der Waals surface area (Å²) in [5.41, 5.74) is -1.23. The lowest BCUT2D eigenvalue weighted by Crippen LogP contribution is -2.47. The van der Waals surface area contributed by atoms with Gasteiger partial charge in [0.15, 0.2) is 0 Å². The highest BCUT2D eigenvalue weighted by molar-refractivity contribution is 5.76. The van der Waals surface area contributed by atoms with Gasteiger partial charge in [-0.05, 0) is 67.2 Å². The smallest absolute Gasteiger partial charge is 0.407 e. The van der Waals surface area contributed by atoms with Crippen LogP contribution in [0.4, 0.5) is 4.79 Å². The van der Waals surface area contributed by atoms with Gasteiger partial charge in [0.05, 0.1) is 53.9 Å². The van der Waals surface area contributed by atoms with E-state index in [-0.39, 0.29) is 80.2 Å². The van der Waals surface area contributed by atoms with Crippen LogP contribution in [0.3, 0.4) is 0 Å². The summed E-state index contributed by atoms with van der Waals surface area (Å²) in [6, 6.07) is 0. The maximum Gasteiger partial charge on any atom is 0.407 e. The molecule has 1 fully saturated rings. The second-order valence-electron chi connectivity index (χ2n) is 14.0. The highest BCUT2D eigenvalue weighted by Crippen LogP contribution is 2.32. The van der Waals surface area contributed by atoms with Crippen molar-refractivity contribution in [3.63, 3.8) is 0 Å². The summed E-state index contributed by atoms with van der Waals surface area (Å²) >= 11 is 0. The minimum Gasteiger partial charge on any atom is -0.465 e. The molecule has 13 heteroatoms. The molecule has 1 aliphatic heterocycles. The first-order valence-corrected chi connectivity index (χ1v) is 17.0. The van der Waals surface area contributed by atoms with E-state index in [9.17, 15) is 24.0 Å². The van der Waals surface area contributed by atoms with Crippen LogP contribution in [0.5, 0.6) is 0 Å². The molecule has 0 aliphatic carbocycles. The second kappa shape index (κ2) is 23.4. The molecule has 0 saturated carbocycles. The fourth-order valence-corrected chi connectivity index (χ4v) is 2.95. The van der Waals surface area contributed by atoms with Gasteiger partial charge in [0.25, 0.3) is 0 Å². The summed E-state index contributed by atoms with van der Waals surface area (Å²) in [7, 11) is 0. The normalized spacial score (nSPS) is 13.7. The predicted molar refractivity (Wildman–Crippen MR) is 181 cm³/mol. The fourth-order valence-electron chi connectivity index (χ4n) is 2.95. The van der Waals surface area contributed by atoms with Gasteiger partial charge in [-0.15, -0.1) is 0 Å². The Hall–Kier alpha value is -2.93. The molecule has 0 atom stereocenters. The van der Waals surface area contributed by atoms with E-state index < -0.39 is 16.9 Å². The average molecular weight is 692 g/mol. The number of nitrogens with one attached hydrogen (secondary N) is 1. The van der Waals surface area contributed by atoms with Gasteiger partial charge in [-0.2, -0.15) is 0 Å². The van der Waals surface area contributed by atoms with Crippen LogP contribution in [-0.2, 0) is 47.6 Å². The molecule has 1 amide bonds. The molecule has 0 aromatic rings. The van der Waals surface area contributed by atoms with Crippen LogP contribution in [-0.4, -0.2) is 94.5 Å². The van der Waals surface area contributed by atoms with Gasteiger partial charge in [0.2, 0.25) is 0 Å². The van der Waals surface area contributed by atoms with E-state index in [1.54, 1.807) is 27.7 Å². The lowest BCUT2D eigenvalue weighted by atomic mass is 9.84. The van der Waals surface area contributed by atoms with Crippen molar-refractivity contribution in [2.75, 3.05) is 59.4 Å². The number of carbonyl (C=O) groups excluding carboxylic acids is 5. The van der Waals surface area contributed by atoms with Crippen LogP contribution in [0.2, 0.25) is 0 Å². The molecule has 0 unspecified atom stereocenters. The number of ether oxygens (including phenoxy) is 6. The number of esters is 4. The molecule has 0 bridgehead atoms. The zero-order valence-electron chi connectivity index (χ0n) is 31.7. The molecule has 0 aromatic carbocycles. The number of alkyl carbamates (subject to hydrolysis) is 1. The Bertz CT molecular complexity index is 965. The highest BCUT2D eigenvalue weighted by Gasteiger charge is 2.39. The van der Waals surface area contributed by atoms with Crippen molar-refractivity contribution in [3.05, 3.63) is 0 Å². The Morgan fingerprint density at radius 3 is 1.50 bits per heavy atom. The Balaban J connectivity index is 0. The van der Waals surface area contributed by atoms with E-state index in [1.165, 1.54) is 0 Å². The number of hydrogen-bond acceptors (Lipinski definition) is 12. The van der Waals surface area contributed by atoms with Crippen LogP contribution in [0.1, 0.15) is 109 Å². The van der Waals surface area contributed by atoms with E-state index in [4.69, 9.17) is 33.5 Å². The maximum absolute atomic E-state index is 11.7. The summed E-state index contributed by atoms with van der Waals surface area (Å²) in [5.74, 6) is -1.17. The van der Waals surface area contributed by atoms with Crippen molar-refractivity contribution in [1.82, 2.24) is 5.32 Å². The molecule has 1 heterocycles. The third kappa shape index (κ3) is 19.2. The lowest BCUT2D eigenvalue weighted by Gasteiger charge is -2.40. The van der Waals surface area contributed by atoms with E-state index in [0.29, 0.717) is 13.0 Å². The van der Waals surface area contributed by atoms with Crippen molar-refractivity contribution in [2.24, 2.45) is 27.6 Å². The lowest BCUT2D eigenvalue weighted by molar-refractivity contribution is -0.178. The average Bonchev–Trinajstić information content (AvgIpc) is 3.03. The minimum absolute atomic E-state index is 0.0119. The molecule has 1 saturated heterocycles. The third-order valence-corrected chi connectivity index (χ3v) is 8.35. The number of rotatable bonds is 18. The topological polar surface area (TPSA) is 173 Å². The largest absolute Gasteiger partial charge is 0.465 e. The van der Waals surface area contributed by atoms with E-state index in [1.807, 2.05) is 48.5 Å². The highest BCUT2D eigenvalue weighted by atomic mass is 16.6.